The summed E-state index contributed by atoms with van der Waals surface area (Å²) in [5.41, 5.74) is -0.428. The molecule has 0 amide bonds. The monoisotopic (exact) mass is 325 g/mol. The van der Waals surface area contributed by atoms with E-state index in [9.17, 15) is 18.5 Å². The van der Waals surface area contributed by atoms with E-state index in [4.69, 9.17) is 0 Å². The molecule has 3 rings (SSSR count). The molecule has 1 aromatic carbocycles. The summed E-state index contributed by atoms with van der Waals surface area (Å²) in [7, 11) is -3.90. The van der Waals surface area contributed by atoms with Crippen molar-refractivity contribution in [1.82, 2.24) is 10.0 Å². The lowest BCUT2D eigenvalue weighted by atomic mass is 9.82. The van der Waals surface area contributed by atoms with Gasteiger partial charge in [0, 0.05) is 24.1 Å². The van der Waals surface area contributed by atoms with Crippen molar-refractivity contribution in [2.24, 2.45) is 5.41 Å². The molecule has 1 aromatic rings. The fraction of sp³-hybridized carbons (Fsp3) is 0.571. The summed E-state index contributed by atoms with van der Waals surface area (Å²) >= 11 is 0. The summed E-state index contributed by atoms with van der Waals surface area (Å²) in [4.78, 5) is 10.1. The van der Waals surface area contributed by atoms with Crippen LogP contribution in [-0.2, 0) is 10.0 Å². The Hall–Kier alpha value is -1.51. The van der Waals surface area contributed by atoms with Crippen molar-refractivity contribution in [2.45, 2.75) is 36.6 Å². The van der Waals surface area contributed by atoms with Crippen molar-refractivity contribution < 1.29 is 13.3 Å². The van der Waals surface area contributed by atoms with Gasteiger partial charge in [-0.2, -0.15) is 0 Å². The molecule has 2 aliphatic rings. The van der Waals surface area contributed by atoms with Gasteiger partial charge >= 0.3 is 0 Å². The third-order valence-corrected chi connectivity index (χ3v) is 6.35. The highest BCUT2D eigenvalue weighted by atomic mass is 32.2. The van der Waals surface area contributed by atoms with Gasteiger partial charge in [-0.25, -0.2) is 13.1 Å². The summed E-state index contributed by atoms with van der Waals surface area (Å²) in [5.74, 6) is 0. The quantitative estimate of drug-likeness (QED) is 0.644. The van der Waals surface area contributed by atoms with Crippen LogP contribution in [0.15, 0.2) is 29.2 Å². The molecule has 0 aromatic heterocycles. The predicted molar refractivity (Wildman–Crippen MR) is 81.0 cm³/mol. The fourth-order valence-corrected chi connectivity index (χ4v) is 5.23. The van der Waals surface area contributed by atoms with Crippen LogP contribution in [0, 0.1) is 15.5 Å². The Bertz CT molecular complexity index is 678. The second kappa shape index (κ2) is 5.60. The molecule has 1 heterocycles. The summed E-state index contributed by atoms with van der Waals surface area (Å²) in [5, 5.41) is 14.4. The molecule has 2 fully saturated rings. The number of hydrogen-bond acceptors (Lipinski definition) is 5. The van der Waals surface area contributed by atoms with E-state index in [1.165, 1.54) is 24.3 Å². The van der Waals surface area contributed by atoms with Crippen molar-refractivity contribution in [3.63, 3.8) is 0 Å². The molecular formula is C14H19N3O4S. The standard InChI is InChI=1S/C14H19N3O4S/c18-17(19)11-4-1-2-5-12(11)22(20,21)16-13-6-3-7-14(13)8-9-15-10-14/h1-2,4-5,13,15-16H,3,6-10H2. The van der Waals surface area contributed by atoms with Gasteiger partial charge in [0.1, 0.15) is 0 Å². The maximum atomic E-state index is 12.6. The second-order valence-electron chi connectivity index (χ2n) is 6.08. The van der Waals surface area contributed by atoms with Gasteiger partial charge in [-0.3, -0.25) is 10.1 Å². The van der Waals surface area contributed by atoms with Crippen LogP contribution < -0.4 is 10.0 Å². The predicted octanol–water partition coefficient (Wildman–Crippen LogP) is 1.41. The fourth-order valence-electron chi connectivity index (χ4n) is 3.68. The highest BCUT2D eigenvalue weighted by molar-refractivity contribution is 7.89. The zero-order valence-electron chi connectivity index (χ0n) is 12.1. The van der Waals surface area contributed by atoms with Crippen LogP contribution in [-0.4, -0.2) is 32.5 Å². The molecule has 120 valence electrons. The van der Waals surface area contributed by atoms with Crippen LogP contribution in [0.1, 0.15) is 25.7 Å². The minimum absolute atomic E-state index is 0.0450. The first kappa shape index (κ1) is 15.4. The highest BCUT2D eigenvalue weighted by Gasteiger charge is 2.46. The second-order valence-corrected chi connectivity index (χ2v) is 7.76. The number of benzene rings is 1. The molecule has 8 heteroatoms. The normalized spacial score (nSPS) is 28.3. The van der Waals surface area contributed by atoms with E-state index in [1.54, 1.807) is 0 Å². The van der Waals surface area contributed by atoms with Crippen LogP contribution >= 0.6 is 0 Å². The Kier molecular flexibility index (Phi) is 3.92. The molecular weight excluding hydrogens is 306 g/mol. The van der Waals surface area contributed by atoms with Crippen molar-refractivity contribution in [2.75, 3.05) is 13.1 Å². The van der Waals surface area contributed by atoms with Gasteiger partial charge in [-0.05, 0) is 31.9 Å². The Labute approximate surface area is 129 Å². The lowest BCUT2D eigenvalue weighted by Crippen LogP contribution is -2.45. The molecule has 0 radical (unpaired) electrons. The van der Waals surface area contributed by atoms with Crippen LogP contribution in [0.2, 0.25) is 0 Å². The molecule has 2 unspecified atom stereocenters. The number of nitrogens with one attached hydrogen (secondary N) is 2. The van der Waals surface area contributed by atoms with E-state index in [2.05, 4.69) is 10.0 Å². The molecule has 1 saturated heterocycles. The molecule has 2 N–H and O–H groups in total. The lowest BCUT2D eigenvalue weighted by molar-refractivity contribution is -0.387. The van der Waals surface area contributed by atoms with E-state index < -0.39 is 14.9 Å². The Balaban J connectivity index is 1.90. The Morgan fingerprint density at radius 3 is 2.77 bits per heavy atom. The summed E-state index contributed by atoms with van der Waals surface area (Å²) in [6.45, 7) is 1.70. The van der Waals surface area contributed by atoms with Gasteiger partial charge in [0.05, 0.1) is 4.92 Å². The maximum Gasteiger partial charge on any atom is 0.289 e. The van der Waals surface area contributed by atoms with Gasteiger partial charge in [0.15, 0.2) is 4.90 Å². The van der Waals surface area contributed by atoms with Gasteiger partial charge in [-0.15, -0.1) is 0 Å². The van der Waals surface area contributed by atoms with E-state index >= 15 is 0 Å². The van der Waals surface area contributed by atoms with Crippen molar-refractivity contribution in [3.8, 4) is 0 Å². The first-order valence-electron chi connectivity index (χ1n) is 7.41. The zero-order chi connectivity index (χ0) is 15.8. The van der Waals surface area contributed by atoms with Crippen LogP contribution in [0.4, 0.5) is 5.69 Å². The number of nitro benzene ring substituents is 1. The van der Waals surface area contributed by atoms with Crippen molar-refractivity contribution in [1.29, 1.82) is 0 Å². The summed E-state index contributed by atoms with van der Waals surface area (Å²) in [6.07, 6.45) is 3.69. The molecule has 22 heavy (non-hydrogen) atoms. The minimum Gasteiger partial charge on any atom is -0.316 e. The van der Waals surface area contributed by atoms with Gasteiger partial charge < -0.3 is 5.32 Å². The first-order valence-corrected chi connectivity index (χ1v) is 8.89. The molecule has 7 nitrogen and oxygen atoms in total. The number of sulfonamides is 1. The first-order chi connectivity index (χ1) is 10.4. The molecule has 1 aliphatic carbocycles. The Morgan fingerprint density at radius 1 is 1.32 bits per heavy atom. The molecule has 0 bridgehead atoms. The average molecular weight is 325 g/mol. The third-order valence-electron chi connectivity index (χ3n) is 4.83. The van der Waals surface area contributed by atoms with Crippen LogP contribution in [0.3, 0.4) is 0 Å². The molecule has 1 aliphatic heterocycles. The largest absolute Gasteiger partial charge is 0.316 e. The molecule has 1 saturated carbocycles. The van der Waals surface area contributed by atoms with Crippen LogP contribution in [0.25, 0.3) is 0 Å². The minimum atomic E-state index is -3.90. The third kappa shape index (κ3) is 2.62. The Morgan fingerprint density at radius 2 is 2.09 bits per heavy atom. The lowest BCUT2D eigenvalue weighted by Gasteiger charge is -2.30. The maximum absolute atomic E-state index is 12.6. The number of nitrogens with zero attached hydrogens (tertiary/aromatic N) is 1. The number of hydrogen-bond donors (Lipinski definition) is 2. The van der Waals surface area contributed by atoms with Gasteiger partial charge in [-0.1, -0.05) is 18.6 Å². The molecule has 1 spiro atoms. The number of para-hydroxylation sites is 1. The van der Waals surface area contributed by atoms with E-state index in [0.29, 0.717) is 0 Å². The topological polar surface area (TPSA) is 101 Å². The van der Waals surface area contributed by atoms with E-state index in [0.717, 1.165) is 38.8 Å². The molecule has 2 atom stereocenters. The van der Waals surface area contributed by atoms with Crippen molar-refractivity contribution in [3.05, 3.63) is 34.4 Å². The zero-order valence-corrected chi connectivity index (χ0v) is 12.9. The smallest absolute Gasteiger partial charge is 0.289 e. The van der Waals surface area contributed by atoms with E-state index in [1.807, 2.05) is 0 Å². The van der Waals surface area contributed by atoms with Crippen molar-refractivity contribution >= 4 is 15.7 Å². The highest BCUT2D eigenvalue weighted by Crippen LogP contribution is 2.43. The van der Waals surface area contributed by atoms with Gasteiger partial charge in [0.2, 0.25) is 10.0 Å². The van der Waals surface area contributed by atoms with Gasteiger partial charge in [0.25, 0.3) is 5.69 Å². The summed E-state index contributed by atoms with van der Waals surface area (Å²) in [6, 6.07) is 5.32. The SMILES string of the molecule is O=[N+]([O-])c1ccccc1S(=O)(=O)NC1CCCC12CCNC2. The number of rotatable bonds is 4. The average Bonchev–Trinajstić information content (AvgIpc) is 3.10. The number of nitro groups is 1. The summed E-state index contributed by atoms with van der Waals surface area (Å²) < 4.78 is 28.0. The van der Waals surface area contributed by atoms with Crippen LogP contribution in [0.5, 0.6) is 0 Å². The van der Waals surface area contributed by atoms with E-state index in [-0.39, 0.29) is 22.0 Å².